The van der Waals surface area contributed by atoms with Crippen molar-refractivity contribution < 1.29 is 14.3 Å². The Balaban J connectivity index is 1.58. The smallest absolute Gasteiger partial charge is 0.305 e. The minimum atomic E-state index is -0.183. The monoisotopic (exact) mass is 496 g/mol. The van der Waals surface area contributed by atoms with E-state index in [2.05, 4.69) is 16.9 Å². The van der Waals surface area contributed by atoms with E-state index in [1.54, 1.807) is 18.5 Å². The van der Waals surface area contributed by atoms with Gasteiger partial charge in [-0.15, -0.1) is 0 Å². The van der Waals surface area contributed by atoms with Crippen molar-refractivity contribution in [3.63, 3.8) is 0 Å². The first-order valence-electron chi connectivity index (χ1n) is 12.3. The van der Waals surface area contributed by atoms with Gasteiger partial charge in [-0.2, -0.15) is 0 Å². The van der Waals surface area contributed by atoms with Crippen molar-refractivity contribution in [2.24, 2.45) is 0 Å². The first-order valence-corrected chi connectivity index (χ1v) is 13.1. The van der Waals surface area contributed by atoms with Gasteiger partial charge in [-0.05, 0) is 37.0 Å². The van der Waals surface area contributed by atoms with E-state index in [4.69, 9.17) is 32.7 Å². The summed E-state index contributed by atoms with van der Waals surface area (Å²) in [5.74, 6) is 0.799. The van der Waals surface area contributed by atoms with Gasteiger partial charge in [0.15, 0.2) is 0 Å². The second kappa shape index (κ2) is 17.0. The van der Waals surface area contributed by atoms with Crippen molar-refractivity contribution in [3.05, 3.63) is 52.0 Å². The Morgan fingerprint density at radius 2 is 1.73 bits per heavy atom. The number of unbranched alkanes of at least 4 members (excludes halogenated alkanes) is 8. The molecule has 2 aromatic rings. The van der Waals surface area contributed by atoms with Crippen molar-refractivity contribution in [3.8, 4) is 0 Å². The summed E-state index contributed by atoms with van der Waals surface area (Å²) >= 11 is 12.5. The molecule has 1 N–H and O–H groups in total. The van der Waals surface area contributed by atoms with Gasteiger partial charge in [0.2, 0.25) is 0 Å². The van der Waals surface area contributed by atoms with Gasteiger partial charge < -0.3 is 14.5 Å². The highest BCUT2D eigenvalue weighted by Crippen LogP contribution is 2.30. The van der Waals surface area contributed by atoms with E-state index in [1.807, 2.05) is 12.1 Å². The Hall–Kier alpha value is -1.56. The lowest BCUT2D eigenvalue weighted by Crippen LogP contribution is -2.11. The first-order chi connectivity index (χ1) is 16.1. The summed E-state index contributed by atoms with van der Waals surface area (Å²) in [6, 6.07) is 5.50. The third-order valence-corrected chi connectivity index (χ3v) is 6.16. The number of carbonyl (C=O) groups is 1. The van der Waals surface area contributed by atoms with Crippen LogP contribution in [0.15, 0.2) is 30.6 Å². The lowest BCUT2D eigenvalue weighted by molar-refractivity contribution is -0.143. The maximum absolute atomic E-state index is 11.8. The molecule has 7 heteroatoms. The second-order valence-corrected chi connectivity index (χ2v) is 9.26. The fraction of sp³-hybridized carbons (Fsp3) is 0.615. The molecule has 0 saturated heterocycles. The van der Waals surface area contributed by atoms with Gasteiger partial charge in [0.1, 0.15) is 5.82 Å². The number of H-pyrrole nitrogens is 1. The van der Waals surface area contributed by atoms with E-state index in [1.165, 1.54) is 19.3 Å². The summed E-state index contributed by atoms with van der Waals surface area (Å²) in [6.45, 7) is 3.41. The molecule has 0 radical (unpaired) electrons. The largest absolute Gasteiger partial charge is 0.466 e. The lowest BCUT2D eigenvalue weighted by Gasteiger charge is -2.19. The third kappa shape index (κ3) is 11.9. The molecule has 0 aliphatic heterocycles. The maximum Gasteiger partial charge on any atom is 0.305 e. The van der Waals surface area contributed by atoms with Crippen LogP contribution in [0.5, 0.6) is 0 Å². The van der Waals surface area contributed by atoms with E-state index in [9.17, 15) is 4.79 Å². The van der Waals surface area contributed by atoms with Gasteiger partial charge >= 0.3 is 5.97 Å². The normalized spacial score (nSPS) is 12.1. The number of halogens is 2. The van der Waals surface area contributed by atoms with Crippen molar-refractivity contribution in [1.29, 1.82) is 0 Å². The third-order valence-electron chi connectivity index (χ3n) is 5.60. The quantitative estimate of drug-likeness (QED) is 0.168. The zero-order valence-corrected chi connectivity index (χ0v) is 21.3. The van der Waals surface area contributed by atoms with Gasteiger partial charge in [0.25, 0.3) is 0 Å². The molecule has 1 aromatic heterocycles. The molecule has 0 spiro atoms. The Labute approximate surface area is 208 Å². The predicted molar refractivity (Wildman–Crippen MR) is 135 cm³/mol. The van der Waals surface area contributed by atoms with Crippen LogP contribution in [-0.2, 0) is 20.7 Å². The van der Waals surface area contributed by atoms with Crippen LogP contribution in [0.1, 0.15) is 95.0 Å². The number of nitrogens with zero attached hydrogens (tertiary/aromatic N) is 1. The van der Waals surface area contributed by atoms with Crippen LogP contribution in [0.4, 0.5) is 0 Å². The molecule has 0 fully saturated rings. The Bertz CT molecular complexity index is 784. The van der Waals surface area contributed by atoms with E-state index in [0.717, 1.165) is 56.3 Å². The SMILES string of the molecule is CCCCCCCOC(=O)CCCCCCCOC(Cc1ncc[nH]1)c1ccc(Cl)cc1Cl. The molecule has 0 amide bonds. The second-order valence-electron chi connectivity index (χ2n) is 8.42. The first kappa shape index (κ1) is 27.7. The molecule has 0 saturated carbocycles. The van der Waals surface area contributed by atoms with Crippen molar-refractivity contribution in [1.82, 2.24) is 9.97 Å². The van der Waals surface area contributed by atoms with Crippen molar-refractivity contribution in [2.75, 3.05) is 13.2 Å². The number of benzene rings is 1. The fourth-order valence-electron chi connectivity index (χ4n) is 3.70. The van der Waals surface area contributed by atoms with Crippen LogP contribution in [0.3, 0.4) is 0 Å². The highest BCUT2D eigenvalue weighted by Gasteiger charge is 2.18. The van der Waals surface area contributed by atoms with Gasteiger partial charge in [0, 0.05) is 41.9 Å². The zero-order chi connectivity index (χ0) is 23.7. The summed E-state index contributed by atoms with van der Waals surface area (Å²) in [4.78, 5) is 19.2. The number of aromatic nitrogens is 2. The number of hydrogen-bond donors (Lipinski definition) is 1. The van der Waals surface area contributed by atoms with E-state index in [-0.39, 0.29) is 12.1 Å². The molecular weight excluding hydrogens is 459 g/mol. The Morgan fingerprint density at radius 3 is 2.45 bits per heavy atom. The van der Waals surface area contributed by atoms with Crippen LogP contribution in [0, 0.1) is 0 Å². The molecule has 33 heavy (non-hydrogen) atoms. The highest BCUT2D eigenvalue weighted by molar-refractivity contribution is 6.35. The topological polar surface area (TPSA) is 64.2 Å². The van der Waals surface area contributed by atoms with Crippen LogP contribution in [0.25, 0.3) is 0 Å². The van der Waals surface area contributed by atoms with E-state index >= 15 is 0 Å². The summed E-state index contributed by atoms with van der Waals surface area (Å²) in [5, 5.41) is 1.21. The lowest BCUT2D eigenvalue weighted by atomic mass is 10.1. The standard InChI is InChI=1S/C26H38Cl2N2O3/c1-2-3-4-7-11-18-33-26(31)12-9-6-5-8-10-17-32-24(20-25-29-15-16-30-25)22-14-13-21(27)19-23(22)28/h13-16,19,24H,2-12,17-18,20H2,1H3,(H,29,30). The van der Waals surface area contributed by atoms with Crippen LogP contribution >= 0.6 is 23.2 Å². The van der Waals surface area contributed by atoms with Crippen LogP contribution in [0.2, 0.25) is 10.0 Å². The molecule has 2 rings (SSSR count). The van der Waals surface area contributed by atoms with E-state index < -0.39 is 0 Å². The molecule has 1 aromatic carbocycles. The molecular formula is C26H38Cl2N2O3. The molecule has 184 valence electrons. The number of nitrogens with one attached hydrogen (secondary N) is 1. The molecule has 0 aliphatic carbocycles. The number of rotatable bonds is 18. The van der Waals surface area contributed by atoms with Gasteiger partial charge in [0.05, 0.1) is 12.7 Å². The van der Waals surface area contributed by atoms with Gasteiger partial charge in [-0.1, -0.05) is 81.1 Å². The average molecular weight is 498 g/mol. The molecule has 1 unspecified atom stereocenters. The Kier molecular flexibility index (Phi) is 14.2. The molecule has 5 nitrogen and oxygen atoms in total. The van der Waals surface area contributed by atoms with Crippen LogP contribution < -0.4 is 0 Å². The molecule has 0 aliphatic rings. The van der Waals surface area contributed by atoms with Crippen molar-refractivity contribution >= 4 is 29.2 Å². The number of ether oxygens (including phenoxy) is 2. The summed E-state index contributed by atoms with van der Waals surface area (Å²) < 4.78 is 11.5. The summed E-state index contributed by atoms with van der Waals surface area (Å²) in [6.07, 6.45) is 15.4. The number of carbonyl (C=O) groups excluding carboxylic acids is 1. The Morgan fingerprint density at radius 1 is 1.00 bits per heavy atom. The fourth-order valence-corrected chi connectivity index (χ4v) is 4.23. The number of hydrogen-bond acceptors (Lipinski definition) is 4. The molecule has 0 bridgehead atoms. The highest BCUT2D eigenvalue weighted by atomic mass is 35.5. The zero-order valence-electron chi connectivity index (χ0n) is 19.8. The van der Waals surface area contributed by atoms with E-state index in [0.29, 0.717) is 36.1 Å². The number of aromatic amines is 1. The molecule has 1 atom stereocenters. The number of imidazole rings is 1. The summed E-state index contributed by atoms with van der Waals surface area (Å²) in [5.41, 5.74) is 0.918. The van der Waals surface area contributed by atoms with Gasteiger partial charge in [-0.3, -0.25) is 4.79 Å². The van der Waals surface area contributed by atoms with Gasteiger partial charge in [-0.25, -0.2) is 4.98 Å². The van der Waals surface area contributed by atoms with Crippen molar-refractivity contribution in [2.45, 2.75) is 90.1 Å². The number of esters is 1. The summed E-state index contributed by atoms with van der Waals surface area (Å²) in [7, 11) is 0. The predicted octanol–water partition coefficient (Wildman–Crippen LogP) is 7.87. The minimum Gasteiger partial charge on any atom is -0.466 e. The average Bonchev–Trinajstić information content (AvgIpc) is 3.30. The van der Waals surface area contributed by atoms with Crippen LogP contribution in [-0.4, -0.2) is 29.2 Å². The minimum absolute atomic E-state index is 0.0607. The molecule has 1 heterocycles. The maximum atomic E-state index is 11.8.